The van der Waals surface area contributed by atoms with Gasteiger partial charge in [0.1, 0.15) is 0 Å². The first-order chi connectivity index (χ1) is 35.2. The molecule has 0 saturated heterocycles. The summed E-state index contributed by atoms with van der Waals surface area (Å²) in [6.45, 7) is 0. The minimum Gasteiger partial charge on any atom is -0.310 e. The molecule has 2 nitrogen and oxygen atoms in total. The van der Waals surface area contributed by atoms with Crippen LogP contribution in [0.1, 0.15) is 36.8 Å². The van der Waals surface area contributed by atoms with Gasteiger partial charge in [-0.2, -0.15) is 0 Å². The van der Waals surface area contributed by atoms with Crippen molar-refractivity contribution in [1.29, 1.82) is 0 Å². The standard InChI is InChI=1S/C69H52N2/c1-3-15-49(16-4-1)51-27-35-58(36-28-51)70(62-43-44-65-64-24-9-10-25-66(64)69(67(65)48-62)45-11-12-46-69)59-37-29-52(30-38-59)53-31-39-60(40-32-53)71(68-26-14-20-55-19-7-8-23-63(55)68)61-41-33-54(34-42-61)57-22-13-21-56(47-57)50-17-5-2-6-18-50/h1-10,13-44,47-48H,11-12,45-46H2. The second kappa shape index (κ2) is 18.0. The molecule has 0 heterocycles. The Bertz CT molecular complexity index is 3660. The molecular weight excluding hydrogens is 857 g/mol. The molecule has 2 aliphatic carbocycles. The molecule has 11 aromatic rings. The average molecular weight is 909 g/mol. The molecule has 0 amide bonds. The van der Waals surface area contributed by atoms with Crippen LogP contribution >= 0.6 is 0 Å². The zero-order valence-corrected chi connectivity index (χ0v) is 39.6. The molecule has 13 rings (SSSR count). The Balaban J connectivity index is 0.845. The topological polar surface area (TPSA) is 6.48 Å². The maximum Gasteiger partial charge on any atom is 0.0540 e. The van der Waals surface area contributed by atoms with Gasteiger partial charge in [-0.25, -0.2) is 0 Å². The number of hydrogen-bond acceptors (Lipinski definition) is 2. The van der Waals surface area contributed by atoms with Crippen molar-refractivity contribution >= 4 is 44.9 Å². The molecule has 2 heteroatoms. The fourth-order valence-corrected chi connectivity index (χ4v) is 11.7. The maximum absolute atomic E-state index is 2.51. The summed E-state index contributed by atoms with van der Waals surface area (Å²) in [4.78, 5) is 4.84. The van der Waals surface area contributed by atoms with Gasteiger partial charge >= 0.3 is 0 Å². The third-order valence-electron chi connectivity index (χ3n) is 15.2. The lowest BCUT2D eigenvalue weighted by atomic mass is 9.76. The van der Waals surface area contributed by atoms with Crippen LogP contribution in [0.2, 0.25) is 0 Å². The van der Waals surface area contributed by atoms with Crippen LogP contribution in [0, 0.1) is 0 Å². The van der Waals surface area contributed by atoms with Crippen molar-refractivity contribution < 1.29 is 0 Å². The molecule has 2 aliphatic rings. The molecule has 0 aliphatic heterocycles. The second-order valence-corrected chi connectivity index (χ2v) is 19.2. The number of hydrogen-bond donors (Lipinski definition) is 0. The quantitative estimate of drug-likeness (QED) is 0.135. The highest BCUT2D eigenvalue weighted by Gasteiger charge is 2.45. The predicted molar refractivity (Wildman–Crippen MR) is 300 cm³/mol. The minimum absolute atomic E-state index is 0.0861. The van der Waals surface area contributed by atoms with E-state index in [1.807, 2.05) is 0 Å². The van der Waals surface area contributed by atoms with Gasteiger partial charge in [-0.1, -0.05) is 207 Å². The summed E-state index contributed by atoms with van der Waals surface area (Å²) >= 11 is 0. The van der Waals surface area contributed by atoms with E-state index in [1.54, 1.807) is 0 Å². The van der Waals surface area contributed by atoms with Crippen molar-refractivity contribution in [1.82, 2.24) is 0 Å². The fraction of sp³-hybridized carbons (Fsp3) is 0.0725. The molecule has 1 spiro atoms. The largest absolute Gasteiger partial charge is 0.310 e. The average Bonchev–Trinajstić information content (AvgIpc) is 4.05. The summed E-state index contributed by atoms with van der Waals surface area (Å²) in [5, 5.41) is 2.42. The summed E-state index contributed by atoms with van der Waals surface area (Å²) in [5.74, 6) is 0. The Morgan fingerprint density at radius 1 is 0.268 bits per heavy atom. The van der Waals surface area contributed by atoms with Crippen molar-refractivity contribution in [2.45, 2.75) is 31.1 Å². The fourth-order valence-electron chi connectivity index (χ4n) is 11.7. The third-order valence-corrected chi connectivity index (χ3v) is 15.2. The Morgan fingerprint density at radius 3 is 1.27 bits per heavy atom. The number of fused-ring (bicyclic) bond motifs is 6. The Morgan fingerprint density at radius 2 is 0.676 bits per heavy atom. The van der Waals surface area contributed by atoms with Gasteiger partial charge in [0.2, 0.25) is 0 Å². The molecule has 0 aromatic heterocycles. The van der Waals surface area contributed by atoms with Gasteiger partial charge in [0, 0.05) is 39.2 Å². The van der Waals surface area contributed by atoms with E-state index in [9.17, 15) is 0 Å². The summed E-state index contributed by atoms with van der Waals surface area (Å²) < 4.78 is 0. The van der Waals surface area contributed by atoms with Crippen molar-refractivity contribution in [2.75, 3.05) is 9.80 Å². The summed E-state index contributed by atoms with van der Waals surface area (Å²) in [6, 6.07) is 98.1. The Kier molecular flexibility index (Phi) is 10.7. The maximum atomic E-state index is 2.51. The highest BCUT2D eigenvalue weighted by molar-refractivity contribution is 5.99. The molecule has 71 heavy (non-hydrogen) atoms. The van der Waals surface area contributed by atoms with E-state index in [4.69, 9.17) is 0 Å². The SMILES string of the molecule is c1ccc(-c2ccc(N(c3ccc(-c4ccc(N(c5ccc(-c6cccc(-c7ccccc7)c6)cc5)c5cccc6ccccc56)cc4)cc3)c3ccc4c(c3)C3(CCCC3)c3ccccc3-4)cc2)cc1. The van der Waals surface area contributed by atoms with Gasteiger partial charge in [0.05, 0.1) is 5.69 Å². The normalized spacial score (nSPS) is 13.2. The van der Waals surface area contributed by atoms with Gasteiger partial charge in [0.25, 0.3) is 0 Å². The van der Waals surface area contributed by atoms with E-state index < -0.39 is 0 Å². The molecule has 1 saturated carbocycles. The van der Waals surface area contributed by atoms with Gasteiger partial charge in [-0.15, -0.1) is 0 Å². The lowest BCUT2D eigenvalue weighted by Crippen LogP contribution is -2.21. The monoisotopic (exact) mass is 908 g/mol. The minimum atomic E-state index is 0.0861. The molecular formula is C69H52N2. The van der Waals surface area contributed by atoms with Crippen molar-refractivity contribution in [3.8, 4) is 55.6 Å². The zero-order chi connectivity index (χ0) is 47.1. The molecule has 0 radical (unpaired) electrons. The van der Waals surface area contributed by atoms with Gasteiger partial charge in [-0.3, -0.25) is 0 Å². The number of anilines is 6. The molecule has 0 N–H and O–H groups in total. The highest BCUT2D eigenvalue weighted by atomic mass is 15.1. The third kappa shape index (κ3) is 7.70. The Labute approximate surface area is 417 Å². The van der Waals surface area contributed by atoms with E-state index in [0.29, 0.717) is 0 Å². The van der Waals surface area contributed by atoms with Crippen molar-refractivity contribution in [3.05, 3.63) is 278 Å². The van der Waals surface area contributed by atoms with Gasteiger partial charge in [0.15, 0.2) is 0 Å². The van der Waals surface area contributed by atoms with Crippen LogP contribution in [0.15, 0.2) is 267 Å². The van der Waals surface area contributed by atoms with E-state index in [-0.39, 0.29) is 5.41 Å². The van der Waals surface area contributed by atoms with Crippen LogP contribution in [0.4, 0.5) is 34.1 Å². The number of rotatable bonds is 10. The molecule has 0 atom stereocenters. The molecule has 0 bridgehead atoms. The van der Waals surface area contributed by atoms with Crippen LogP contribution in [0.25, 0.3) is 66.4 Å². The smallest absolute Gasteiger partial charge is 0.0540 e. The lowest BCUT2D eigenvalue weighted by Gasteiger charge is -2.30. The van der Waals surface area contributed by atoms with E-state index >= 15 is 0 Å². The van der Waals surface area contributed by atoms with E-state index in [0.717, 1.165) is 28.4 Å². The lowest BCUT2D eigenvalue weighted by molar-refractivity contribution is 0.550. The van der Waals surface area contributed by atoms with Gasteiger partial charge < -0.3 is 9.80 Å². The van der Waals surface area contributed by atoms with Crippen LogP contribution in [0.5, 0.6) is 0 Å². The van der Waals surface area contributed by atoms with Crippen LogP contribution in [-0.2, 0) is 5.41 Å². The van der Waals surface area contributed by atoms with Crippen LogP contribution < -0.4 is 9.80 Å². The van der Waals surface area contributed by atoms with Crippen LogP contribution in [0.3, 0.4) is 0 Å². The first kappa shape index (κ1) is 42.4. The number of benzene rings is 11. The molecule has 0 unspecified atom stereocenters. The zero-order valence-electron chi connectivity index (χ0n) is 39.6. The first-order valence-corrected chi connectivity index (χ1v) is 25.1. The molecule has 11 aromatic carbocycles. The first-order valence-electron chi connectivity index (χ1n) is 25.1. The predicted octanol–water partition coefficient (Wildman–Crippen LogP) is 19.3. The van der Waals surface area contributed by atoms with E-state index in [1.165, 1.54) is 109 Å². The molecule has 1 fully saturated rings. The van der Waals surface area contributed by atoms with Gasteiger partial charge in [-0.05, 0) is 158 Å². The van der Waals surface area contributed by atoms with Crippen molar-refractivity contribution in [3.63, 3.8) is 0 Å². The second-order valence-electron chi connectivity index (χ2n) is 19.2. The number of nitrogens with zero attached hydrogens (tertiary/aromatic N) is 2. The summed E-state index contributed by atoms with van der Waals surface area (Å²) in [6.07, 6.45) is 4.95. The molecule has 338 valence electrons. The highest BCUT2D eigenvalue weighted by Crippen LogP contribution is 2.58. The van der Waals surface area contributed by atoms with Crippen LogP contribution in [-0.4, -0.2) is 0 Å². The Hall–Kier alpha value is -8.72. The van der Waals surface area contributed by atoms with E-state index in [2.05, 4.69) is 277 Å². The summed E-state index contributed by atoms with van der Waals surface area (Å²) in [5.41, 5.74) is 22.3. The van der Waals surface area contributed by atoms with Crippen molar-refractivity contribution in [2.24, 2.45) is 0 Å². The summed E-state index contributed by atoms with van der Waals surface area (Å²) in [7, 11) is 0.